The molecule has 0 heterocycles. The monoisotopic (exact) mass is 218 g/mol. The molecule has 0 bridgehead atoms. The van der Waals surface area contributed by atoms with Crippen molar-refractivity contribution in [2.75, 3.05) is 18.4 Å². The zero-order valence-corrected chi connectivity index (χ0v) is 10.6. The van der Waals surface area contributed by atoms with Crippen molar-refractivity contribution in [2.45, 2.75) is 33.6 Å². The molecule has 1 saturated carbocycles. The van der Waals surface area contributed by atoms with E-state index in [1.807, 2.05) is 0 Å². The standard InChI is InChI=1S/C14H22N2/c1-10-6-12(3)13(7-11(10)2)16-9-14(8-15)4-5-14/h6-7,16H,4-5,8-9,15H2,1-3H3. The Bertz CT molecular complexity index is 392. The molecule has 2 heteroatoms. The lowest BCUT2D eigenvalue weighted by Crippen LogP contribution is -2.24. The van der Waals surface area contributed by atoms with Crippen molar-refractivity contribution in [3.63, 3.8) is 0 Å². The highest BCUT2D eigenvalue weighted by molar-refractivity contribution is 5.55. The smallest absolute Gasteiger partial charge is 0.0372 e. The van der Waals surface area contributed by atoms with Crippen LogP contribution in [0, 0.1) is 26.2 Å². The Hall–Kier alpha value is -1.02. The molecule has 2 rings (SSSR count). The van der Waals surface area contributed by atoms with E-state index in [1.54, 1.807) is 0 Å². The van der Waals surface area contributed by atoms with Gasteiger partial charge in [-0.3, -0.25) is 0 Å². The third-order valence-corrected chi connectivity index (χ3v) is 3.88. The first-order chi connectivity index (χ1) is 7.56. The number of hydrogen-bond acceptors (Lipinski definition) is 2. The lowest BCUT2D eigenvalue weighted by atomic mass is 10.0. The van der Waals surface area contributed by atoms with Gasteiger partial charge in [0.1, 0.15) is 0 Å². The zero-order valence-electron chi connectivity index (χ0n) is 10.6. The summed E-state index contributed by atoms with van der Waals surface area (Å²) in [5.74, 6) is 0. The van der Waals surface area contributed by atoms with Crippen molar-refractivity contribution in [1.29, 1.82) is 0 Å². The van der Waals surface area contributed by atoms with Crippen LogP contribution >= 0.6 is 0 Å². The highest BCUT2D eigenvalue weighted by Gasteiger charge is 2.40. The number of hydrogen-bond donors (Lipinski definition) is 2. The first-order valence-corrected chi connectivity index (χ1v) is 6.08. The summed E-state index contributed by atoms with van der Waals surface area (Å²) in [5.41, 5.74) is 11.5. The van der Waals surface area contributed by atoms with E-state index in [0.717, 1.165) is 13.1 Å². The summed E-state index contributed by atoms with van der Waals surface area (Å²) in [7, 11) is 0. The molecular formula is C14H22N2. The summed E-state index contributed by atoms with van der Waals surface area (Å²) in [6, 6.07) is 4.50. The van der Waals surface area contributed by atoms with Crippen molar-refractivity contribution in [3.05, 3.63) is 28.8 Å². The maximum Gasteiger partial charge on any atom is 0.0372 e. The fourth-order valence-corrected chi connectivity index (χ4v) is 2.06. The molecule has 0 aliphatic heterocycles. The van der Waals surface area contributed by atoms with Gasteiger partial charge in [-0.15, -0.1) is 0 Å². The van der Waals surface area contributed by atoms with Gasteiger partial charge in [0.2, 0.25) is 0 Å². The SMILES string of the molecule is Cc1cc(C)c(NCC2(CN)CC2)cc1C. The second kappa shape index (κ2) is 4.10. The van der Waals surface area contributed by atoms with Crippen molar-refractivity contribution in [3.8, 4) is 0 Å². The molecule has 0 amide bonds. The Morgan fingerprint density at radius 2 is 1.75 bits per heavy atom. The summed E-state index contributed by atoms with van der Waals surface area (Å²) >= 11 is 0. The van der Waals surface area contributed by atoms with Crippen LogP contribution in [0.15, 0.2) is 12.1 Å². The molecule has 1 aromatic carbocycles. The Morgan fingerprint density at radius 1 is 1.12 bits per heavy atom. The molecule has 0 atom stereocenters. The predicted molar refractivity (Wildman–Crippen MR) is 69.9 cm³/mol. The molecule has 2 nitrogen and oxygen atoms in total. The topological polar surface area (TPSA) is 38.0 Å². The van der Waals surface area contributed by atoms with Crippen LogP contribution in [0.4, 0.5) is 5.69 Å². The maximum atomic E-state index is 5.79. The molecular weight excluding hydrogens is 196 g/mol. The Labute approximate surface area is 98.2 Å². The number of nitrogens with two attached hydrogens (primary N) is 1. The molecule has 1 aromatic rings. The van der Waals surface area contributed by atoms with E-state index in [0.29, 0.717) is 5.41 Å². The average Bonchev–Trinajstić information content (AvgIpc) is 3.02. The average molecular weight is 218 g/mol. The first-order valence-electron chi connectivity index (χ1n) is 6.08. The fourth-order valence-electron chi connectivity index (χ4n) is 2.06. The third kappa shape index (κ3) is 2.22. The quantitative estimate of drug-likeness (QED) is 0.815. The summed E-state index contributed by atoms with van der Waals surface area (Å²) in [5, 5.41) is 3.55. The van der Waals surface area contributed by atoms with Crippen molar-refractivity contribution in [2.24, 2.45) is 11.1 Å². The van der Waals surface area contributed by atoms with Crippen molar-refractivity contribution >= 4 is 5.69 Å². The number of aryl methyl sites for hydroxylation is 3. The Kier molecular flexibility index (Phi) is 2.94. The van der Waals surface area contributed by atoms with Crippen LogP contribution in [0.1, 0.15) is 29.5 Å². The van der Waals surface area contributed by atoms with Crippen LogP contribution in [0.2, 0.25) is 0 Å². The van der Waals surface area contributed by atoms with Crippen LogP contribution < -0.4 is 11.1 Å². The van der Waals surface area contributed by atoms with Crippen LogP contribution in [-0.2, 0) is 0 Å². The molecule has 1 fully saturated rings. The van der Waals surface area contributed by atoms with Gasteiger partial charge < -0.3 is 11.1 Å². The molecule has 0 aromatic heterocycles. The Balaban J connectivity index is 2.07. The van der Waals surface area contributed by atoms with Gasteiger partial charge in [0.05, 0.1) is 0 Å². The van der Waals surface area contributed by atoms with Gasteiger partial charge in [0.15, 0.2) is 0 Å². The van der Waals surface area contributed by atoms with E-state index < -0.39 is 0 Å². The molecule has 0 radical (unpaired) electrons. The van der Waals surface area contributed by atoms with Gasteiger partial charge in [-0.1, -0.05) is 6.07 Å². The van der Waals surface area contributed by atoms with Crippen molar-refractivity contribution < 1.29 is 0 Å². The second-order valence-electron chi connectivity index (χ2n) is 5.31. The predicted octanol–water partition coefficient (Wildman–Crippen LogP) is 2.76. The van der Waals surface area contributed by atoms with Gasteiger partial charge in [-0.05, 0) is 68.3 Å². The van der Waals surface area contributed by atoms with Crippen LogP contribution in [0.5, 0.6) is 0 Å². The molecule has 88 valence electrons. The first kappa shape index (κ1) is 11.5. The van der Waals surface area contributed by atoms with E-state index >= 15 is 0 Å². The Morgan fingerprint density at radius 3 is 2.31 bits per heavy atom. The molecule has 1 aliphatic rings. The van der Waals surface area contributed by atoms with E-state index in [1.165, 1.54) is 35.2 Å². The maximum absolute atomic E-state index is 5.79. The summed E-state index contributed by atoms with van der Waals surface area (Å²) in [6.45, 7) is 8.32. The highest BCUT2D eigenvalue weighted by Crippen LogP contribution is 2.44. The minimum Gasteiger partial charge on any atom is -0.384 e. The second-order valence-corrected chi connectivity index (χ2v) is 5.31. The number of benzene rings is 1. The van der Waals surface area contributed by atoms with Gasteiger partial charge in [0, 0.05) is 12.2 Å². The number of anilines is 1. The third-order valence-electron chi connectivity index (χ3n) is 3.88. The lowest BCUT2D eigenvalue weighted by Gasteiger charge is -2.17. The molecule has 0 spiro atoms. The summed E-state index contributed by atoms with van der Waals surface area (Å²) < 4.78 is 0. The molecule has 0 unspecified atom stereocenters. The number of rotatable bonds is 4. The van der Waals surface area contributed by atoms with Gasteiger partial charge in [0.25, 0.3) is 0 Å². The summed E-state index contributed by atoms with van der Waals surface area (Å²) in [4.78, 5) is 0. The van der Waals surface area contributed by atoms with E-state index in [2.05, 4.69) is 38.2 Å². The van der Waals surface area contributed by atoms with Crippen LogP contribution in [0.3, 0.4) is 0 Å². The van der Waals surface area contributed by atoms with E-state index in [9.17, 15) is 0 Å². The minimum atomic E-state index is 0.394. The molecule has 3 N–H and O–H groups in total. The zero-order chi connectivity index (χ0) is 11.8. The number of nitrogens with one attached hydrogen (secondary N) is 1. The molecule has 1 aliphatic carbocycles. The fraction of sp³-hybridized carbons (Fsp3) is 0.571. The van der Waals surface area contributed by atoms with Gasteiger partial charge in [-0.25, -0.2) is 0 Å². The minimum absolute atomic E-state index is 0.394. The van der Waals surface area contributed by atoms with Crippen LogP contribution in [0.25, 0.3) is 0 Å². The van der Waals surface area contributed by atoms with E-state index in [4.69, 9.17) is 5.73 Å². The van der Waals surface area contributed by atoms with Gasteiger partial charge in [-0.2, -0.15) is 0 Å². The molecule has 0 saturated heterocycles. The lowest BCUT2D eigenvalue weighted by molar-refractivity contribution is 0.555. The van der Waals surface area contributed by atoms with E-state index in [-0.39, 0.29) is 0 Å². The summed E-state index contributed by atoms with van der Waals surface area (Å²) in [6.07, 6.45) is 2.56. The largest absolute Gasteiger partial charge is 0.384 e. The normalized spacial score (nSPS) is 17.2. The highest BCUT2D eigenvalue weighted by atomic mass is 14.9. The van der Waals surface area contributed by atoms with Gasteiger partial charge >= 0.3 is 0 Å². The van der Waals surface area contributed by atoms with Crippen molar-refractivity contribution in [1.82, 2.24) is 0 Å². The molecule has 16 heavy (non-hydrogen) atoms. The van der Waals surface area contributed by atoms with Crippen LogP contribution in [-0.4, -0.2) is 13.1 Å².